The molecule has 0 bridgehead atoms. The summed E-state index contributed by atoms with van der Waals surface area (Å²) < 4.78 is 11.2. The standard InChI is InChI=1S/C19H24N2O3/c1-3-23-18-12-15(10-11-20)6-9-17(18)24-13-19(22)21-16-7-4-14(2)5-8-16/h4-9,12H,3,10-11,13,20H2,1-2H3,(H,21,22). The van der Waals surface area contributed by atoms with E-state index in [1.807, 2.05) is 56.3 Å². The summed E-state index contributed by atoms with van der Waals surface area (Å²) in [5.74, 6) is 0.968. The van der Waals surface area contributed by atoms with Gasteiger partial charge in [-0.2, -0.15) is 0 Å². The van der Waals surface area contributed by atoms with Crippen molar-refractivity contribution in [3.05, 3.63) is 53.6 Å². The van der Waals surface area contributed by atoms with Crippen LogP contribution in [-0.2, 0) is 11.2 Å². The van der Waals surface area contributed by atoms with E-state index < -0.39 is 0 Å². The summed E-state index contributed by atoms with van der Waals surface area (Å²) in [7, 11) is 0. The summed E-state index contributed by atoms with van der Waals surface area (Å²) in [6.45, 7) is 4.93. The molecule has 2 rings (SSSR count). The number of nitrogens with one attached hydrogen (secondary N) is 1. The smallest absolute Gasteiger partial charge is 0.262 e. The fourth-order valence-corrected chi connectivity index (χ4v) is 2.24. The van der Waals surface area contributed by atoms with Crippen LogP contribution in [0.1, 0.15) is 18.1 Å². The Morgan fingerprint density at radius 2 is 1.83 bits per heavy atom. The lowest BCUT2D eigenvalue weighted by Crippen LogP contribution is -2.20. The third kappa shape index (κ3) is 5.28. The topological polar surface area (TPSA) is 73.6 Å². The molecule has 0 aliphatic carbocycles. The van der Waals surface area contributed by atoms with Gasteiger partial charge in [0.25, 0.3) is 5.91 Å². The molecule has 1 amide bonds. The molecule has 0 aliphatic rings. The van der Waals surface area contributed by atoms with Crippen molar-refractivity contribution in [2.24, 2.45) is 5.73 Å². The number of aryl methyl sites for hydroxylation is 1. The Balaban J connectivity index is 1.97. The minimum atomic E-state index is -0.215. The van der Waals surface area contributed by atoms with Crippen LogP contribution in [-0.4, -0.2) is 25.7 Å². The van der Waals surface area contributed by atoms with Crippen molar-refractivity contribution in [1.29, 1.82) is 0 Å². The molecule has 5 heteroatoms. The normalized spacial score (nSPS) is 10.3. The summed E-state index contributed by atoms with van der Waals surface area (Å²) in [5.41, 5.74) is 8.55. The van der Waals surface area contributed by atoms with Crippen LogP contribution in [0.4, 0.5) is 5.69 Å². The molecule has 0 spiro atoms. The number of rotatable bonds is 8. The maximum Gasteiger partial charge on any atom is 0.262 e. The van der Waals surface area contributed by atoms with E-state index in [9.17, 15) is 4.79 Å². The first-order chi connectivity index (χ1) is 11.6. The highest BCUT2D eigenvalue weighted by atomic mass is 16.5. The van der Waals surface area contributed by atoms with Crippen LogP contribution >= 0.6 is 0 Å². The maximum atomic E-state index is 12.0. The maximum absolute atomic E-state index is 12.0. The quantitative estimate of drug-likeness (QED) is 0.781. The van der Waals surface area contributed by atoms with E-state index in [0.29, 0.717) is 24.7 Å². The Morgan fingerprint density at radius 1 is 1.08 bits per heavy atom. The highest BCUT2D eigenvalue weighted by Gasteiger charge is 2.09. The number of benzene rings is 2. The molecule has 0 saturated heterocycles. The zero-order valence-corrected chi connectivity index (χ0v) is 14.2. The van der Waals surface area contributed by atoms with Crippen LogP contribution in [0.5, 0.6) is 11.5 Å². The second-order valence-corrected chi connectivity index (χ2v) is 5.46. The van der Waals surface area contributed by atoms with Crippen molar-refractivity contribution in [2.75, 3.05) is 25.1 Å². The average Bonchev–Trinajstić information content (AvgIpc) is 2.57. The van der Waals surface area contributed by atoms with E-state index in [-0.39, 0.29) is 12.5 Å². The van der Waals surface area contributed by atoms with E-state index >= 15 is 0 Å². The lowest BCUT2D eigenvalue weighted by molar-refractivity contribution is -0.118. The number of anilines is 1. The summed E-state index contributed by atoms with van der Waals surface area (Å²) in [5, 5.41) is 2.80. The third-order valence-electron chi connectivity index (χ3n) is 3.44. The van der Waals surface area contributed by atoms with E-state index in [0.717, 1.165) is 23.2 Å². The van der Waals surface area contributed by atoms with Crippen LogP contribution in [0.25, 0.3) is 0 Å². The van der Waals surface area contributed by atoms with Gasteiger partial charge in [-0.25, -0.2) is 0 Å². The van der Waals surface area contributed by atoms with Gasteiger partial charge in [0.2, 0.25) is 0 Å². The van der Waals surface area contributed by atoms with Crippen LogP contribution in [0.2, 0.25) is 0 Å². The van der Waals surface area contributed by atoms with E-state index in [1.165, 1.54) is 0 Å². The molecular formula is C19H24N2O3. The van der Waals surface area contributed by atoms with Gasteiger partial charge in [0.15, 0.2) is 18.1 Å². The van der Waals surface area contributed by atoms with Gasteiger partial charge in [0.05, 0.1) is 6.61 Å². The van der Waals surface area contributed by atoms with Gasteiger partial charge in [0.1, 0.15) is 0 Å². The Labute approximate surface area is 142 Å². The molecule has 128 valence electrons. The Kier molecular flexibility index (Phi) is 6.63. The molecule has 2 aromatic carbocycles. The number of nitrogens with two attached hydrogens (primary N) is 1. The second kappa shape index (κ2) is 8.93. The van der Waals surface area contributed by atoms with Crippen molar-refractivity contribution in [1.82, 2.24) is 0 Å². The summed E-state index contributed by atoms with van der Waals surface area (Å²) in [6, 6.07) is 13.3. The largest absolute Gasteiger partial charge is 0.490 e. The monoisotopic (exact) mass is 328 g/mol. The number of carbonyl (C=O) groups is 1. The van der Waals surface area contributed by atoms with Crippen LogP contribution < -0.4 is 20.5 Å². The molecule has 0 aromatic heterocycles. The van der Waals surface area contributed by atoms with Crippen LogP contribution in [0.3, 0.4) is 0 Å². The zero-order valence-electron chi connectivity index (χ0n) is 14.2. The van der Waals surface area contributed by atoms with E-state index in [4.69, 9.17) is 15.2 Å². The van der Waals surface area contributed by atoms with E-state index in [1.54, 1.807) is 0 Å². The molecule has 0 aliphatic heterocycles. The SMILES string of the molecule is CCOc1cc(CCN)ccc1OCC(=O)Nc1ccc(C)cc1. The lowest BCUT2D eigenvalue weighted by Gasteiger charge is -2.13. The van der Waals surface area contributed by atoms with Gasteiger partial charge in [-0.05, 0) is 56.6 Å². The van der Waals surface area contributed by atoms with Gasteiger partial charge in [-0.1, -0.05) is 23.8 Å². The lowest BCUT2D eigenvalue weighted by atomic mass is 10.1. The Hall–Kier alpha value is -2.53. The van der Waals surface area contributed by atoms with Gasteiger partial charge in [-0.15, -0.1) is 0 Å². The van der Waals surface area contributed by atoms with Gasteiger partial charge in [0, 0.05) is 5.69 Å². The van der Waals surface area contributed by atoms with Crippen molar-refractivity contribution in [3.63, 3.8) is 0 Å². The van der Waals surface area contributed by atoms with Crippen molar-refractivity contribution in [3.8, 4) is 11.5 Å². The molecule has 5 nitrogen and oxygen atoms in total. The fourth-order valence-electron chi connectivity index (χ4n) is 2.24. The number of hydrogen-bond donors (Lipinski definition) is 2. The van der Waals surface area contributed by atoms with Gasteiger partial charge < -0.3 is 20.5 Å². The molecule has 24 heavy (non-hydrogen) atoms. The first-order valence-corrected chi connectivity index (χ1v) is 8.07. The number of amides is 1. The van der Waals surface area contributed by atoms with Crippen LogP contribution in [0.15, 0.2) is 42.5 Å². The summed E-state index contributed by atoms with van der Waals surface area (Å²) in [4.78, 5) is 12.0. The first-order valence-electron chi connectivity index (χ1n) is 8.07. The molecule has 0 fully saturated rings. The molecule has 0 heterocycles. The second-order valence-electron chi connectivity index (χ2n) is 5.46. The van der Waals surface area contributed by atoms with Crippen LogP contribution in [0, 0.1) is 6.92 Å². The molecular weight excluding hydrogens is 304 g/mol. The highest BCUT2D eigenvalue weighted by molar-refractivity contribution is 5.91. The molecule has 3 N–H and O–H groups in total. The van der Waals surface area contributed by atoms with Crippen molar-refractivity contribution in [2.45, 2.75) is 20.3 Å². The molecule has 2 aromatic rings. The molecule has 0 atom stereocenters. The highest BCUT2D eigenvalue weighted by Crippen LogP contribution is 2.28. The van der Waals surface area contributed by atoms with E-state index in [2.05, 4.69) is 5.32 Å². The van der Waals surface area contributed by atoms with Gasteiger partial charge >= 0.3 is 0 Å². The predicted molar refractivity (Wildman–Crippen MR) is 95.7 cm³/mol. The first kappa shape index (κ1) is 17.8. The predicted octanol–water partition coefficient (Wildman–Crippen LogP) is 2.91. The third-order valence-corrected chi connectivity index (χ3v) is 3.44. The molecule has 0 unspecified atom stereocenters. The Morgan fingerprint density at radius 3 is 2.50 bits per heavy atom. The molecule has 0 radical (unpaired) electrons. The minimum Gasteiger partial charge on any atom is -0.490 e. The number of carbonyl (C=O) groups excluding carboxylic acids is 1. The average molecular weight is 328 g/mol. The van der Waals surface area contributed by atoms with Crippen molar-refractivity contribution >= 4 is 11.6 Å². The summed E-state index contributed by atoms with van der Waals surface area (Å²) >= 11 is 0. The number of hydrogen-bond acceptors (Lipinski definition) is 4. The number of ether oxygens (including phenoxy) is 2. The zero-order chi connectivity index (χ0) is 17.4. The summed E-state index contributed by atoms with van der Waals surface area (Å²) in [6.07, 6.45) is 0.772. The van der Waals surface area contributed by atoms with Crippen molar-refractivity contribution < 1.29 is 14.3 Å². The fraction of sp³-hybridized carbons (Fsp3) is 0.316. The van der Waals surface area contributed by atoms with Gasteiger partial charge in [-0.3, -0.25) is 4.79 Å². The Bertz CT molecular complexity index is 669. The molecule has 0 saturated carbocycles. The minimum absolute atomic E-state index is 0.0792.